The van der Waals surface area contributed by atoms with Gasteiger partial charge in [-0.05, 0) is 31.5 Å². The van der Waals surface area contributed by atoms with E-state index < -0.39 is 0 Å². The van der Waals surface area contributed by atoms with Crippen LogP contribution >= 0.6 is 0 Å². The zero-order chi connectivity index (χ0) is 14.8. The Bertz CT molecular complexity index is 376. The standard InChI is InChI=1S/C18H31NO/c1-5-7-8-9-10-11-17(19-6-2)16-13-12-15(3)14-18(16)20-4/h12-14,17,19H,5-11H2,1-4H3. The SMILES string of the molecule is CCCCCCCC(NCC)c1ccc(C)cc1OC. The van der Waals surface area contributed by atoms with Crippen molar-refractivity contribution in [3.63, 3.8) is 0 Å². The first-order valence-electron chi connectivity index (χ1n) is 8.10. The molecule has 1 atom stereocenters. The van der Waals surface area contributed by atoms with E-state index in [2.05, 4.69) is 44.3 Å². The Hall–Kier alpha value is -1.02. The summed E-state index contributed by atoms with van der Waals surface area (Å²) < 4.78 is 5.56. The van der Waals surface area contributed by atoms with Crippen LogP contribution in [0.3, 0.4) is 0 Å². The molecule has 0 aliphatic carbocycles. The summed E-state index contributed by atoms with van der Waals surface area (Å²) in [6.07, 6.45) is 7.85. The number of benzene rings is 1. The molecule has 114 valence electrons. The number of rotatable bonds is 10. The van der Waals surface area contributed by atoms with E-state index in [4.69, 9.17) is 4.74 Å². The third kappa shape index (κ3) is 5.54. The minimum absolute atomic E-state index is 0.414. The van der Waals surface area contributed by atoms with Crippen molar-refractivity contribution in [1.82, 2.24) is 5.32 Å². The molecule has 0 radical (unpaired) electrons. The first-order chi connectivity index (χ1) is 9.72. The third-order valence-electron chi connectivity index (χ3n) is 3.81. The van der Waals surface area contributed by atoms with Gasteiger partial charge in [0.15, 0.2) is 0 Å². The van der Waals surface area contributed by atoms with E-state index in [1.807, 2.05) is 0 Å². The number of hydrogen-bond acceptors (Lipinski definition) is 2. The summed E-state index contributed by atoms with van der Waals surface area (Å²) in [6, 6.07) is 6.95. The molecule has 1 aromatic rings. The van der Waals surface area contributed by atoms with Gasteiger partial charge in [0.25, 0.3) is 0 Å². The Morgan fingerprint density at radius 2 is 1.85 bits per heavy atom. The maximum absolute atomic E-state index is 5.56. The van der Waals surface area contributed by atoms with Crippen molar-refractivity contribution in [2.24, 2.45) is 0 Å². The summed E-state index contributed by atoms with van der Waals surface area (Å²) in [6.45, 7) is 7.54. The Morgan fingerprint density at radius 1 is 1.10 bits per heavy atom. The summed E-state index contributed by atoms with van der Waals surface area (Å²) in [4.78, 5) is 0. The summed E-state index contributed by atoms with van der Waals surface area (Å²) >= 11 is 0. The zero-order valence-corrected chi connectivity index (χ0v) is 13.7. The van der Waals surface area contributed by atoms with Crippen molar-refractivity contribution >= 4 is 0 Å². The summed E-state index contributed by atoms with van der Waals surface area (Å²) in [5, 5.41) is 3.60. The highest BCUT2D eigenvalue weighted by Crippen LogP contribution is 2.29. The number of ether oxygens (including phenoxy) is 1. The molecule has 2 heteroatoms. The van der Waals surface area contributed by atoms with Gasteiger partial charge in [0, 0.05) is 11.6 Å². The molecule has 0 spiro atoms. The molecule has 20 heavy (non-hydrogen) atoms. The van der Waals surface area contributed by atoms with Crippen molar-refractivity contribution in [3.8, 4) is 5.75 Å². The highest BCUT2D eigenvalue weighted by molar-refractivity contribution is 5.39. The van der Waals surface area contributed by atoms with Crippen molar-refractivity contribution in [2.45, 2.75) is 65.3 Å². The molecule has 0 saturated carbocycles. The summed E-state index contributed by atoms with van der Waals surface area (Å²) in [5.74, 6) is 1.02. The maximum atomic E-state index is 5.56. The van der Waals surface area contributed by atoms with Crippen LogP contribution in [0.5, 0.6) is 5.75 Å². The smallest absolute Gasteiger partial charge is 0.123 e. The molecule has 2 nitrogen and oxygen atoms in total. The van der Waals surface area contributed by atoms with Gasteiger partial charge >= 0.3 is 0 Å². The quantitative estimate of drug-likeness (QED) is 0.607. The second kappa shape index (κ2) is 9.82. The lowest BCUT2D eigenvalue weighted by Crippen LogP contribution is -2.21. The number of nitrogens with one attached hydrogen (secondary N) is 1. The molecule has 0 fully saturated rings. The average molecular weight is 277 g/mol. The molecule has 0 heterocycles. The van der Waals surface area contributed by atoms with E-state index in [1.165, 1.54) is 49.7 Å². The minimum Gasteiger partial charge on any atom is -0.496 e. The van der Waals surface area contributed by atoms with Crippen LogP contribution in [0.15, 0.2) is 18.2 Å². The second-order valence-electron chi connectivity index (χ2n) is 5.56. The zero-order valence-electron chi connectivity index (χ0n) is 13.7. The average Bonchev–Trinajstić information content (AvgIpc) is 2.46. The van der Waals surface area contributed by atoms with Crippen LogP contribution < -0.4 is 10.1 Å². The third-order valence-corrected chi connectivity index (χ3v) is 3.81. The Morgan fingerprint density at radius 3 is 2.50 bits per heavy atom. The molecule has 1 N–H and O–H groups in total. The number of methoxy groups -OCH3 is 1. The molecule has 1 rings (SSSR count). The Kier molecular flexibility index (Phi) is 8.36. The molecule has 0 amide bonds. The van der Waals surface area contributed by atoms with Crippen molar-refractivity contribution in [2.75, 3.05) is 13.7 Å². The highest BCUT2D eigenvalue weighted by atomic mass is 16.5. The monoisotopic (exact) mass is 277 g/mol. The largest absolute Gasteiger partial charge is 0.496 e. The van der Waals surface area contributed by atoms with E-state index in [1.54, 1.807) is 7.11 Å². The Balaban J connectivity index is 2.65. The minimum atomic E-state index is 0.414. The highest BCUT2D eigenvalue weighted by Gasteiger charge is 2.14. The van der Waals surface area contributed by atoms with Gasteiger partial charge in [-0.2, -0.15) is 0 Å². The second-order valence-corrected chi connectivity index (χ2v) is 5.56. The van der Waals surface area contributed by atoms with Gasteiger partial charge in [-0.1, -0.05) is 58.1 Å². The van der Waals surface area contributed by atoms with Crippen molar-refractivity contribution < 1.29 is 4.74 Å². The van der Waals surface area contributed by atoms with Gasteiger partial charge in [0.2, 0.25) is 0 Å². The van der Waals surface area contributed by atoms with Gasteiger partial charge in [0.1, 0.15) is 5.75 Å². The van der Waals surface area contributed by atoms with Gasteiger partial charge < -0.3 is 10.1 Å². The molecule has 0 aliphatic heterocycles. The molecule has 1 unspecified atom stereocenters. The molecular weight excluding hydrogens is 246 g/mol. The van der Waals surface area contributed by atoms with Crippen LogP contribution in [0.1, 0.15) is 69.5 Å². The first kappa shape index (κ1) is 17.0. The van der Waals surface area contributed by atoms with Gasteiger partial charge in [-0.15, -0.1) is 0 Å². The van der Waals surface area contributed by atoms with Gasteiger partial charge in [-0.3, -0.25) is 0 Å². The number of aryl methyl sites for hydroxylation is 1. The predicted octanol–water partition coefficient (Wildman–Crippen LogP) is 5.01. The van der Waals surface area contributed by atoms with Gasteiger partial charge in [0.05, 0.1) is 7.11 Å². The fourth-order valence-corrected chi connectivity index (χ4v) is 2.67. The van der Waals surface area contributed by atoms with Crippen LogP contribution in [0, 0.1) is 6.92 Å². The molecule has 0 bridgehead atoms. The lowest BCUT2D eigenvalue weighted by molar-refractivity contribution is 0.392. The van der Waals surface area contributed by atoms with Crippen LogP contribution in [-0.4, -0.2) is 13.7 Å². The summed E-state index contributed by atoms with van der Waals surface area (Å²) in [5.41, 5.74) is 2.55. The summed E-state index contributed by atoms with van der Waals surface area (Å²) in [7, 11) is 1.77. The first-order valence-corrected chi connectivity index (χ1v) is 8.10. The van der Waals surface area contributed by atoms with Crippen LogP contribution in [0.2, 0.25) is 0 Å². The van der Waals surface area contributed by atoms with E-state index in [0.717, 1.165) is 12.3 Å². The van der Waals surface area contributed by atoms with Gasteiger partial charge in [-0.25, -0.2) is 0 Å². The van der Waals surface area contributed by atoms with E-state index in [9.17, 15) is 0 Å². The van der Waals surface area contributed by atoms with Crippen molar-refractivity contribution in [3.05, 3.63) is 29.3 Å². The van der Waals surface area contributed by atoms with Crippen molar-refractivity contribution in [1.29, 1.82) is 0 Å². The van der Waals surface area contributed by atoms with Crippen LogP contribution in [0.25, 0.3) is 0 Å². The molecule has 0 aromatic heterocycles. The molecular formula is C18H31NO. The van der Waals surface area contributed by atoms with E-state index in [0.29, 0.717) is 6.04 Å². The molecule has 1 aromatic carbocycles. The lowest BCUT2D eigenvalue weighted by Gasteiger charge is -2.21. The fourth-order valence-electron chi connectivity index (χ4n) is 2.67. The molecule has 0 saturated heterocycles. The lowest BCUT2D eigenvalue weighted by atomic mass is 9.97. The van der Waals surface area contributed by atoms with Crippen LogP contribution in [-0.2, 0) is 0 Å². The normalized spacial score (nSPS) is 12.4. The van der Waals surface area contributed by atoms with Crippen LogP contribution in [0.4, 0.5) is 0 Å². The fraction of sp³-hybridized carbons (Fsp3) is 0.667. The topological polar surface area (TPSA) is 21.3 Å². The molecule has 0 aliphatic rings. The van der Waals surface area contributed by atoms with E-state index in [-0.39, 0.29) is 0 Å². The maximum Gasteiger partial charge on any atom is 0.123 e. The predicted molar refractivity (Wildman–Crippen MR) is 87.5 cm³/mol. The van der Waals surface area contributed by atoms with E-state index >= 15 is 0 Å². The Labute approximate surface area is 124 Å². The number of unbranched alkanes of at least 4 members (excludes halogenated alkanes) is 4. The number of hydrogen-bond donors (Lipinski definition) is 1.